The predicted octanol–water partition coefficient (Wildman–Crippen LogP) is 2.85. The van der Waals surface area contributed by atoms with Gasteiger partial charge >= 0.3 is 6.03 Å². The first kappa shape index (κ1) is 24.9. The first-order valence-corrected chi connectivity index (χ1v) is 11.7. The van der Waals surface area contributed by atoms with E-state index in [2.05, 4.69) is 10.6 Å². The van der Waals surface area contributed by atoms with Crippen molar-refractivity contribution in [3.05, 3.63) is 101 Å². The van der Waals surface area contributed by atoms with Crippen LogP contribution in [0.5, 0.6) is 0 Å². The van der Waals surface area contributed by atoms with Gasteiger partial charge < -0.3 is 21.3 Å². The molecule has 186 valence electrons. The Morgan fingerprint density at radius 1 is 0.861 bits per heavy atom. The molecule has 1 heterocycles. The fraction of sp³-hybridized carbons (Fsp3) is 0.222. The Kier molecular flexibility index (Phi) is 7.92. The minimum atomic E-state index is -1.15. The summed E-state index contributed by atoms with van der Waals surface area (Å²) in [6, 6.07) is 21.6. The maximum absolute atomic E-state index is 13.6. The maximum atomic E-state index is 13.6. The van der Waals surface area contributed by atoms with Gasteiger partial charge in [0.2, 0.25) is 5.91 Å². The van der Waals surface area contributed by atoms with Crippen molar-refractivity contribution in [1.82, 2.24) is 15.1 Å². The fourth-order valence-corrected chi connectivity index (χ4v) is 4.17. The molecule has 4 N–H and O–H groups in total. The van der Waals surface area contributed by atoms with Crippen molar-refractivity contribution >= 4 is 23.5 Å². The first-order valence-electron chi connectivity index (χ1n) is 11.7. The Labute approximate surface area is 208 Å². The smallest absolute Gasteiger partial charge is 0.323 e. The van der Waals surface area contributed by atoms with Crippen molar-refractivity contribution in [3.63, 3.8) is 0 Å². The summed E-state index contributed by atoms with van der Waals surface area (Å²) in [5, 5.41) is 5.47. The standard InChI is InChI=1S/C27H28FN5O3/c28-22-10-5-11-23(16-22)31-27(36)33-13-12-32(24(34)15-19-6-2-1-3-7-19)26(33)25(35)30-18-21-9-4-8-20(14-21)17-29/h1-11,14,16,26H,12-13,15,17-18,29H2,(H,30,35)(H,31,36). The van der Waals surface area contributed by atoms with Gasteiger partial charge in [-0.3, -0.25) is 14.5 Å². The number of nitrogens with one attached hydrogen (secondary N) is 2. The summed E-state index contributed by atoms with van der Waals surface area (Å²) in [6.45, 7) is 0.939. The summed E-state index contributed by atoms with van der Waals surface area (Å²) in [5.74, 6) is -1.25. The quantitative estimate of drug-likeness (QED) is 0.474. The van der Waals surface area contributed by atoms with Gasteiger partial charge in [0, 0.05) is 31.9 Å². The lowest BCUT2D eigenvalue weighted by atomic mass is 10.1. The molecule has 4 rings (SSSR count). The van der Waals surface area contributed by atoms with Crippen LogP contribution in [0.3, 0.4) is 0 Å². The van der Waals surface area contributed by atoms with Crippen LogP contribution in [0, 0.1) is 5.82 Å². The normalized spacial score (nSPS) is 15.0. The third-order valence-corrected chi connectivity index (χ3v) is 5.96. The number of hydrogen-bond donors (Lipinski definition) is 3. The number of halogens is 1. The second kappa shape index (κ2) is 11.5. The predicted molar refractivity (Wildman–Crippen MR) is 134 cm³/mol. The molecular formula is C27H28FN5O3. The van der Waals surface area contributed by atoms with Crippen molar-refractivity contribution in [2.45, 2.75) is 25.7 Å². The number of anilines is 1. The number of nitrogens with two attached hydrogens (primary N) is 1. The van der Waals surface area contributed by atoms with E-state index >= 15 is 0 Å². The van der Waals surface area contributed by atoms with Crippen LogP contribution in [-0.2, 0) is 29.1 Å². The van der Waals surface area contributed by atoms with E-state index in [1.54, 1.807) is 6.07 Å². The van der Waals surface area contributed by atoms with Crippen LogP contribution in [-0.4, -0.2) is 46.9 Å². The number of carbonyl (C=O) groups excluding carboxylic acids is 3. The van der Waals surface area contributed by atoms with Gasteiger partial charge in [-0.15, -0.1) is 0 Å². The topological polar surface area (TPSA) is 108 Å². The largest absolute Gasteiger partial charge is 0.349 e. The highest BCUT2D eigenvalue weighted by atomic mass is 19.1. The lowest BCUT2D eigenvalue weighted by molar-refractivity contribution is -0.140. The Morgan fingerprint density at radius 3 is 2.31 bits per heavy atom. The number of hydrogen-bond acceptors (Lipinski definition) is 4. The maximum Gasteiger partial charge on any atom is 0.323 e. The molecular weight excluding hydrogens is 461 g/mol. The number of rotatable bonds is 7. The number of benzene rings is 3. The Hall–Kier alpha value is -4.24. The molecule has 4 amide bonds. The van der Waals surface area contributed by atoms with Crippen LogP contribution in [0.1, 0.15) is 16.7 Å². The molecule has 0 aliphatic carbocycles. The van der Waals surface area contributed by atoms with Crippen LogP contribution >= 0.6 is 0 Å². The second-order valence-electron chi connectivity index (χ2n) is 8.50. The monoisotopic (exact) mass is 489 g/mol. The first-order chi connectivity index (χ1) is 17.4. The van der Waals surface area contributed by atoms with Crippen molar-refractivity contribution in [1.29, 1.82) is 0 Å². The summed E-state index contributed by atoms with van der Waals surface area (Å²) in [7, 11) is 0. The molecule has 3 aromatic carbocycles. The van der Waals surface area contributed by atoms with Gasteiger partial charge in [0.25, 0.3) is 5.91 Å². The fourth-order valence-electron chi connectivity index (χ4n) is 4.17. The highest BCUT2D eigenvalue weighted by Crippen LogP contribution is 2.20. The molecule has 1 aliphatic heterocycles. The molecule has 36 heavy (non-hydrogen) atoms. The van der Waals surface area contributed by atoms with Crippen LogP contribution in [0.4, 0.5) is 14.9 Å². The van der Waals surface area contributed by atoms with Crippen molar-refractivity contribution < 1.29 is 18.8 Å². The van der Waals surface area contributed by atoms with Crippen LogP contribution in [0.2, 0.25) is 0 Å². The van der Waals surface area contributed by atoms with Gasteiger partial charge in [0.05, 0.1) is 6.42 Å². The van der Waals surface area contributed by atoms with Crippen LogP contribution in [0.15, 0.2) is 78.9 Å². The minimum absolute atomic E-state index is 0.0997. The van der Waals surface area contributed by atoms with E-state index in [4.69, 9.17) is 5.73 Å². The van der Waals surface area contributed by atoms with Gasteiger partial charge in [-0.1, -0.05) is 60.7 Å². The van der Waals surface area contributed by atoms with Crippen molar-refractivity contribution in [3.8, 4) is 0 Å². The average Bonchev–Trinajstić information content (AvgIpc) is 3.34. The third-order valence-electron chi connectivity index (χ3n) is 5.96. The third kappa shape index (κ3) is 6.05. The van der Waals surface area contributed by atoms with E-state index in [-0.39, 0.29) is 37.6 Å². The molecule has 0 saturated carbocycles. The van der Waals surface area contributed by atoms with Crippen molar-refractivity contribution in [2.75, 3.05) is 18.4 Å². The van der Waals surface area contributed by atoms with Gasteiger partial charge in [-0.25, -0.2) is 9.18 Å². The van der Waals surface area contributed by atoms with Crippen LogP contribution in [0.25, 0.3) is 0 Å². The number of amides is 4. The van der Waals surface area contributed by atoms with Crippen LogP contribution < -0.4 is 16.4 Å². The van der Waals surface area contributed by atoms with E-state index in [9.17, 15) is 18.8 Å². The number of carbonyl (C=O) groups is 3. The molecule has 3 aromatic rings. The van der Waals surface area contributed by atoms with Gasteiger partial charge in [-0.2, -0.15) is 0 Å². The zero-order chi connectivity index (χ0) is 25.5. The zero-order valence-corrected chi connectivity index (χ0v) is 19.7. The molecule has 0 spiro atoms. The molecule has 8 nitrogen and oxygen atoms in total. The SMILES string of the molecule is NCc1cccc(CNC(=O)C2N(C(=O)Cc3ccccc3)CCN2C(=O)Nc2cccc(F)c2)c1. The number of urea groups is 1. The summed E-state index contributed by atoms with van der Waals surface area (Å²) in [4.78, 5) is 42.3. The molecule has 1 unspecified atom stereocenters. The average molecular weight is 490 g/mol. The van der Waals surface area contributed by atoms with Crippen molar-refractivity contribution in [2.24, 2.45) is 5.73 Å². The Morgan fingerprint density at radius 2 is 1.56 bits per heavy atom. The Balaban J connectivity index is 1.52. The molecule has 1 aliphatic rings. The number of nitrogens with zero attached hydrogens (tertiary/aromatic N) is 2. The van der Waals surface area contributed by atoms with Gasteiger partial charge in [0.1, 0.15) is 5.82 Å². The molecule has 0 bridgehead atoms. The summed E-state index contributed by atoms with van der Waals surface area (Å²) < 4.78 is 13.6. The highest BCUT2D eigenvalue weighted by Gasteiger charge is 2.42. The van der Waals surface area contributed by atoms with E-state index in [0.29, 0.717) is 6.54 Å². The lowest BCUT2D eigenvalue weighted by Crippen LogP contribution is -2.54. The second-order valence-corrected chi connectivity index (χ2v) is 8.50. The summed E-state index contributed by atoms with van der Waals surface area (Å²) in [5.41, 5.74) is 8.55. The minimum Gasteiger partial charge on any atom is -0.349 e. The molecule has 1 saturated heterocycles. The zero-order valence-electron chi connectivity index (χ0n) is 19.7. The summed E-state index contributed by atoms with van der Waals surface area (Å²) in [6.07, 6.45) is -1.05. The van der Waals surface area contributed by atoms with Gasteiger partial charge in [0.15, 0.2) is 6.17 Å². The molecule has 1 atom stereocenters. The molecule has 0 aromatic heterocycles. The van der Waals surface area contributed by atoms with E-state index in [1.807, 2.05) is 54.6 Å². The molecule has 1 fully saturated rings. The van der Waals surface area contributed by atoms with E-state index < -0.39 is 23.9 Å². The van der Waals surface area contributed by atoms with E-state index in [1.165, 1.54) is 28.0 Å². The van der Waals surface area contributed by atoms with Gasteiger partial charge in [-0.05, 0) is 34.9 Å². The summed E-state index contributed by atoms with van der Waals surface area (Å²) >= 11 is 0. The lowest BCUT2D eigenvalue weighted by Gasteiger charge is -2.29. The molecule has 9 heteroatoms. The highest BCUT2D eigenvalue weighted by molar-refractivity contribution is 5.96. The Bertz CT molecular complexity index is 1240. The molecule has 0 radical (unpaired) electrons. The van der Waals surface area contributed by atoms with E-state index in [0.717, 1.165) is 16.7 Å².